The van der Waals surface area contributed by atoms with Crippen LogP contribution in [-0.4, -0.2) is 29.1 Å². The van der Waals surface area contributed by atoms with Crippen LogP contribution in [0.15, 0.2) is 16.0 Å². The first kappa shape index (κ1) is 12.1. The van der Waals surface area contributed by atoms with E-state index in [0.29, 0.717) is 5.69 Å². The summed E-state index contributed by atoms with van der Waals surface area (Å²) in [7, 11) is 0. The first-order valence-corrected chi connectivity index (χ1v) is 8.07. The third-order valence-corrected chi connectivity index (χ3v) is 5.21. The van der Waals surface area contributed by atoms with Gasteiger partial charge >= 0.3 is 0 Å². The van der Waals surface area contributed by atoms with E-state index in [9.17, 15) is 4.79 Å². The van der Waals surface area contributed by atoms with E-state index >= 15 is 0 Å². The summed E-state index contributed by atoms with van der Waals surface area (Å²) in [6.07, 6.45) is 5.27. The molecule has 0 N–H and O–H groups in total. The zero-order valence-electron chi connectivity index (χ0n) is 11.2. The van der Waals surface area contributed by atoms with Gasteiger partial charge in [0.25, 0.3) is 5.91 Å². The number of aromatic nitrogens is 1. The summed E-state index contributed by atoms with van der Waals surface area (Å²) in [4.78, 5) is 15.8. The molecule has 1 amide bonds. The zero-order valence-corrected chi connectivity index (χ0v) is 12.0. The molecule has 4 nitrogen and oxygen atoms in total. The van der Waals surface area contributed by atoms with Crippen molar-refractivity contribution in [3.8, 4) is 11.3 Å². The Balaban J connectivity index is 1.70. The minimum atomic E-state index is 0.0494. The molecule has 2 aliphatic rings. The van der Waals surface area contributed by atoms with Gasteiger partial charge in [-0.2, -0.15) is 0 Å². The Labute approximate surface area is 121 Å². The molecule has 1 aliphatic heterocycles. The summed E-state index contributed by atoms with van der Waals surface area (Å²) >= 11 is 1.75. The lowest BCUT2D eigenvalue weighted by Crippen LogP contribution is -2.36. The van der Waals surface area contributed by atoms with E-state index in [-0.39, 0.29) is 5.91 Å². The molecule has 1 aliphatic carbocycles. The summed E-state index contributed by atoms with van der Waals surface area (Å²) in [5.74, 6) is 0.862. The molecule has 2 aromatic heterocycles. The summed E-state index contributed by atoms with van der Waals surface area (Å²) in [5, 5.41) is 6.17. The highest BCUT2D eigenvalue weighted by molar-refractivity contribution is 7.10. The fourth-order valence-corrected chi connectivity index (χ4v) is 4.02. The van der Waals surface area contributed by atoms with Crippen LogP contribution in [0.1, 0.15) is 40.2 Å². The molecule has 0 spiro atoms. The van der Waals surface area contributed by atoms with Crippen molar-refractivity contribution < 1.29 is 9.32 Å². The van der Waals surface area contributed by atoms with Gasteiger partial charge in [-0.1, -0.05) is 5.16 Å². The van der Waals surface area contributed by atoms with Crippen molar-refractivity contribution in [1.29, 1.82) is 0 Å². The number of aryl methyl sites for hydroxylation is 1. The Morgan fingerprint density at radius 3 is 2.95 bits per heavy atom. The molecule has 0 bridgehead atoms. The minimum absolute atomic E-state index is 0.0494. The number of piperidine rings is 1. The van der Waals surface area contributed by atoms with Gasteiger partial charge < -0.3 is 9.42 Å². The van der Waals surface area contributed by atoms with Gasteiger partial charge in [0.05, 0.1) is 0 Å². The Hall–Kier alpha value is -1.62. The van der Waals surface area contributed by atoms with E-state index in [1.807, 2.05) is 4.90 Å². The second-order valence-electron chi connectivity index (χ2n) is 5.45. The van der Waals surface area contributed by atoms with Crippen molar-refractivity contribution in [2.75, 3.05) is 13.1 Å². The van der Waals surface area contributed by atoms with Crippen molar-refractivity contribution in [2.24, 2.45) is 0 Å². The van der Waals surface area contributed by atoms with Crippen LogP contribution in [0.25, 0.3) is 11.3 Å². The molecule has 0 aromatic carbocycles. The molecular weight excluding hydrogens is 272 g/mol. The predicted octanol–water partition coefficient (Wildman–Crippen LogP) is 3.13. The second kappa shape index (κ2) is 4.74. The molecule has 20 heavy (non-hydrogen) atoms. The first-order valence-electron chi connectivity index (χ1n) is 7.19. The summed E-state index contributed by atoms with van der Waals surface area (Å²) in [6, 6.07) is 2.07. The SMILES string of the molecule is O=C(c1noc2c1CCc1sccc1-2)N1CCCCC1. The van der Waals surface area contributed by atoms with Crippen LogP contribution >= 0.6 is 11.3 Å². The smallest absolute Gasteiger partial charge is 0.276 e. The van der Waals surface area contributed by atoms with Crippen LogP contribution in [-0.2, 0) is 12.8 Å². The lowest BCUT2D eigenvalue weighted by Gasteiger charge is -2.26. The van der Waals surface area contributed by atoms with Crippen molar-refractivity contribution in [1.82, 2.24) is 10.1 Å². The van der Waals surface area contributed by atoms with Gasteiger partial charge in [0.15, 0.2) is 11.5 Å². The molecular formula is C15H16N2O2S. The zero-order chi connectivity index (χ0) is 13.5. The average Bonchev–Trinajstić information content (AvgIpc) is 3.13. The molecule has 2 aromatic rings. The predicted molar refractivity (Wildman–Crippen MR) is 77.0 cm³/mol. The topological polar surface area (TPSA) is 46.3 Å². The summed E-state index contributed by atoms with van der Waals surface area (Å²) in [6.45, 7) is 1.70. The van der Waals surface area contributed by atoms with Crippen molar-refractivity contribution in [2.45, 2.75) is 32.1 Å². The molecule has 5 heteroatoms. The Morgan fingerprint density at radius 2 is 2.10 bits per heavy atom. The number of rotatable bonds is 1. The lowest BCUT2D eigenvalue weighted by atomic mass is 9.95. The van der Waals surface area contributed by atoms with Gasteiger partial charge in [0, 0.05) is 29.1 Å². The molecule has 0 radical (unpaired) electrons. The molecule has 0 saturated carbocycles. The van der Waals surface area contributed by atoms with E-state index in [4.69, 9.17) is 4.52 Å². The highest BCUT2D eigenvalue weighted by Crippen LogP contribution is 2.38. The minimum Gasteiger partial charge on any atom is -0.355 e. The maximum Gasteiger partial charge on any atom is 0.276 e. The summed E-state index contributed by atoms with van der Waals surface area (Å²) in [5.41, 5.74) is 2.67. The number of carbonyl (C=O) groups is 1. The van der Waals surface area contributed by atoms with Crippen molar-refractivity contribution >= 4 is 17.2 Å². The number of amides is 1. The van der Waals surface area contributed by atoms with Gasteiger partial charge in [-0.05, 0) is 43.6 Å². The number of hydrogen-bond donors (Lipinski definition) is 0. The van der Waals surface area contributed by atoms with E-state index in [1.165, 1.54) is 11.3 Å². The average molecular weight is 288 g/mol. The largest absolute Gasteiger partial charge is 0.355 e. The first-order chi connectivity index (χ1) is 9.84. The monoisotopic (exact) mass is 288 g/mol. The van der Waals surface area contributed by atoms with Gasteiger partial charge in [-0.15, -0.1) is 11.3 Å². The lowest BCUT2D eigenvalue weighted by molar-refractivity contribution is 0.0713. The van der Waals surface area contributed by atoms with Crippen LogP contribution < -0.4 is 0 Å². The number of fused-ring (bicyclic) bond motifs is 3. The number of nitrogens with zero attached hydrogens (tertiary/aromatic N) is 2. The summed E-state index contributed by atoms with van der Waals surface area (Å²) < 4.78 is 5.49. The molecule has 0 atom stereocenters. The third kappa shape index (κ3) is 1.80. The Morgan fingerprint density at radius 1 is 1.25 bits per heavy atom. The molecule has 4 rings (SSSR count). The molecule has 1 saturated heterocycles. The second-order valence-corrected chi connectivity index (χ2v) is 6.45. The Bertz CT molecular complexity index is 653. The standard InChI is InChI=1S/C15H16N2O2S/c18-15(17-7-2-1-3-8-17)13-11-4-5-12-10(6-9-20-12)14(11)19-16-13/h6,9H,1-5,7-8H2. The van der Waals surface area contributed by atoms with Gasteiger partial charge in [-0.25, -0.2) is 0 Å². The van der Waals surface area contributed by atoms with Gasteiger partial charge in [0.2, 0.25) is 0 Å². The fourth-order valence-electron chi connectivity index (χ4n) is 3.14. The number of likely N-dealkylation sites (tertiary alicyclic amines) is 1. The van der Waals surface area contributed by atoms with Crippen LogP contribution in [0.5, 0.6) is 0 Å². The van der Waals surface area contributed by atoms with Gasteiger partial charge in [0.1, 0.15) is 0 Å². The Kier molecular flexibility index (Phi) is 2.88. The van der Waals surface area contributed by atoms with Gasteiger partial charge in [-0.3, -0.25) is 4.79 Å². The molecule has 1 fully saturated rings. The maximum atomic E-state index is 12.6. The fraction of sp³-hybridized carbons (Fsp3) is 0.467. The number of thiophene rings is 1. The van der Waals surface area contributed by atoms with E-state index in [1.54, 1.807) is 11.3 Å². The highest BCUT2D eigenvalue weighted by Gasteiger charge is 2.30. The van der Waals surface area contributed by atoms with Crippen molar-refractivity contribution in [3.05, 3.63) is 27.6 Å². The van der Waals surface area contributed by atoms with Crippen LogP contribution in [0.4, 0.5) is 0 Å². The van der Waals surface area contributed by atoms with E-state index in [0.717, 1.165) is 55.7 Å². The highest BCUT2D eigenvalue weighted by atomic mass is 32.1. The molecule has 104 valence electrons. The van der Waals surface area contributed by atoms with Crippen LogP contribution in [0, 0.1) is 0 Å². The maximum absolute atomic E-state index is 12.6. The number of carbonyl (C=O) groups excluding carboxylic acids is 1. The molecule has 3 heterocycles. The number of hydrogen-bond acceptors (Lipinski definition) is 4. The van der Waals surface area contributed by atoms with E-state index < -0.39 is 0 Å². The quantitative estimate of drug-likeness (QED) is 0.810. The van der Waals surface area contributed by atoms with Crippen LogP contribution in [0.2, 0.25) is 0 Å². The van der Waals surface area contributed by atoms with Crippen molar-refractivity contribution in [3.63, 3.8) is 0 Å². The third-order valence-electron chi connectivity index (χ3n) is 4.23. The van der Waals surface area contributed by atoms with E-state index in [2.05, 4.69) is 16.6 Å². The molecule has 0 unspecified atom stereocenters. The van der Waals surface area contributed by atoms with Crippen LogP contribution in [0.3, 0.4) is 0 Å². The normalized spacial score (nSPS) is 17.7.